The molecule has 0 aromatic heterocycles. The molecule has 0 unspecified atom stereocenters. The van der Waals surface area contributed by atoms with Gasteiger partial charge in [-0.3, -0.25) is 9.10 Å². The number of benzene rings is 2. The lowest BCUT2D eigenvalue weighted by Gasteiger charge is -2.33. The van der Waals surface area contributed by atoms with E-state index < -0.39 is 16.1 Å². The fourth-order valence-electron chi connectivity index (χ4n) is 2.51. The van der Waals surface area contributed by atoms with Crippen LogP contribution >= 0.6 is 0 Å². The summed E-state index contributed by atoms with van der Waals surface area (Å²) in [6.07, 6.45) is 0.195. The van der Waals surface area contributed by atoms with Crippen molar-refractivity contribution in [3.05, 3.63) is 54.1 Å². The van der Waals surface area contributed by atoms with Crippen molar-refractivity contribution < 1.29 is 17.9 Å². The van der Waals surface area contributed by atoms with Gasteiger partial charge in [-0.25, -0.2) is 8.42 Å². The Bertz CT molecular complexity index is 862. The molecule has 1 aliphatic heterocycles. The molecule has 0 spiro atoms. The van der Waals surface area contributed by atoms with E-state index in [4.69, 9.17) is 4.74 Å². The summed E-state index contributed by atoms with van der Waals surface area (Å²) in [5.41, 5.74) is 2.16. The van der Waals surface area contributed by atoms with Gasteiger partial charge in [-0.1, -0.05) is 29.8 Å². The van der Waals surface area contributed by atoms with Gasteiger partial charge in [0.1, 0.15) is 5.75 Å². The summed E-state index contributed by atoms with van der Waals surface area (Å²) >= 11 is 0. The number of aryl methyl sites for hydroxylation is 1. The molecule has 2 aromatic rings. The SMILES string of the molecule is Cc1ccc(NC(=O)[C@@H]2CN(S(C)(=O)=O)c3ccccc3O2)cc1. The summed E-state index contributed by atoms with van der Waals surface area (Å²) in [5, 5.41) is 2.76. The van der Waals surface area contributed by atoms with Crippen molar-refractivity contribution in [2.24, 2.45) is 0 Å². The second kappa shape index (κ2) is 6.16. The Morgan fingerprint density at radius 3 is 2.50 bits per heavy atom. The molecule has 3 rings (SSSR count). The Kier molecular flexibility index (Phi) is 4.19. The number of ether oxygens (including phenoxy) is 1. The van der Waals surface area contributed by atoms with Crippen LogP contribution < -0.4 is 14.4 Å². The fourth-order valence-corrected chi connectivity index (χ4v) is 3.43. The number of fused-ring (bicyclic) bond motifs is 1. The van der Waals surface area contributed by atoms with E-state index in [-0.39, 0.29) is 12.5 Å². The minimum Gasteiger partial charge on any atom is -0.476 e. The van der Waals surface area contributed by atoms with Crippen LogP contribution in [0.3, 0.4) is 0 Å². The second-order valence-corrected chi connectivity index (χ2v) is 7.63. The van der Waals surface area contributed by atoms with Crippen LogP contribution in [0.25, 0.3) is 0 Å². The van der Waals surface area contributed by atoms with E-state index in [1.54, 1.807) is 36.4 Å². The Labute approximate surface area is 141 Å². The number of carbonyl (C=O) groups is 1. The summed E-state index contributed by atoms with van der Waals surface area (Å²) in [6.45, 7) is 1.89. The van der Waals surface area contributed by atoms with Crippen molar-refractivity contribution in [2.75, 3.05) is 22.4 Å². The van der Waals surface area contributed by atoms with E-state index in [9.17, 15) is 13.2 Å². The van der Waals surface area contributed by atoms with Gasteiger partial charge in [-0.15, -0.1) is 0 Å². The quantitative estimate of drug-likeness (QED) is 0.924. The Morgan fingerprint density at radius 2 is 1.83 bits per heavy atom. The van der Waals surface area contributed by atoms with Crippen molar-refractivity contribution in [1.82, 2.24) is 0 Å². The number of hydrogen-bond acceptors (Lipinski definition) is 4. The van der Waals surface area contributed by atoms with Crippen molar-refractivity contribution in [3.63, 3.8) is 0 Å². The molecule has 6 nitrogen and oxygen atoms in total. The molecule has 0 bridgehead atoms. The third kappa shape index (κ3) is 3.35. The maximum Gasteiger partial charge on any atom is 0.267 e. The average molecular weight is 346 g/mol. The number of carbonyl (C=O) groups excluding carboxylic acids is 1. The smallest absolute Gasteiger partial charge is 0.267 e. The van der Waals surface area contributed by atoms with Crippen molar-refractivity contribution in [1.29, 1.82) is 0 Å². The van der Waals surface area contributed by atoms with E-state index >= 15 is 0 Å². The van der Waals surface area contributed by atoms with Crippen LogP contribution in [0.1, 0.15) is 5.56 Å². The molecule has 0 saturated carbocycles. The fraction of sp³-hybridized carbons (Fsp3) is 0.235. The van der Waals surface area contributed by atoms with E-state index in [1.807, 2.05) is 19.1 Å². The van der Waals surface area contributed by atoms with Crippen molar-refractivity contribution >= 4 is 27.3 Å². The van der Waals surface area contributed by atoms with Crippen LogP contribution in [0, 0.1) is 6.92 Å². The summed E-state index contributed by atoms with van der Waals surface area (Å²) in [5.74, 6) is -0.0137. The number of nitrogens with one attached hydrogen (secondary N) is 1. The van der Waals surface area contributed by atoms with Crippen LogP contribution in [0.4, 0.5) is 11.4 Å². The molecule has 1 amide bonds. The molecule has 126 valence electrons. The highest BCUT2D eigenvalue weighted by Gasteiger charge is 2.34. The molecule has 0 saturated heterocycles. The number of para-hydroxylation sites is 2. The van der Waals surface area contributed by atoms with E-state index in [0.29, 0.717) is 17.1 Å². The van der Waals surface area contributed by atoms with Crippen LogP contribution in [0.5, 0.6) is 5.75 Å². The zero-order valence-electron chi connectivity index (χ0n) is 13.4. The zero-order chi connectivity index (χ0) is 17.3. The van der Waals surface area contributed by atoms with Crippen LogP contribution in [-0.4, -0.2) is 33.2 Å². The summed E-state index contributed by atoms with van der Waals surface area (Å²) in [6, 6.07) is 14.1. The van der Waals surface area contributed by atoms with Gasteiger partial charge in [-0.05, 0) is 31.2 Å². The van der Waals surface area contributed by atoms with E-state index in [1.165, 1.54) is 4.31 Å². The Balaban J connectivity index is 1.85. The monoisotopic (exact) mass is 346 g/mol. The largest absolute Gasteiger partial charge is 0.476 e. The first kappa shape index (κ1) is 16.3. The van der Waals surface area contributed by atoms with Crippen molar-refractivity contribution in [2.45, 2.75) is 13.0 Å². The first-order chi connectivity index (χ1) is 11.3. The molecule has 1 N–H and O–H groups in total. The maximum absolute atomic E-state index is 12.5. The highest BCUT2D eigenvalue weighted by atomic mass is 32.2. The average Bonchev–Trinajstić information content (AvgIpc) is 2.55. The number of rotatable bonds is 3. The predicted octanol–water partition coefficient (Wildman–Crippen LogP) is 2.16. The van der Waals surface area contributed by atoms with Gasteiger partial charge in [0, 0.05) is 5.69 Å². The molecule has 1 heterocycles. The lowest BCUT2D eigenvalue weighted by molar-refractivity contribution is -0.122. The van der Waals surface area contributed by atoms with Crippen molar-refractivity contribution in [3.8, 4) is 5.75 Å². The third-order valence-corrected chi connectivity index (χ3v) is 4.89. The normalized spacial score (nSPS) is 16.9. The number of amides is 1. The first-order valence-corrected chi connectivity index (χ1v) is 9.30. The zero-order valence-corrected chi connectivity index (χ0v) is 14.2. The van der Waals surface area contributed by atoms with Gasteiger partial charge in [0.2, 0.25) is 10.0 Å². The molecule has 2 aromatic carbocycles. The number of anilines is 2. The van der Waals surface area contributed by atoms with Gasteiger partial charge in [-0.2, -0.15) is 0 Å². The molecular weight excluding hydrogens is 328 g/mol. The number of hydrogen-bond donors (Lipinski definition) is 1. The van der Waals surface area contributed by atoms with E-state index in [0.717, 1.165) is 11.8 Å². The number of sulfonamides is 1. The van der Waals surface area contributed by atoms with Crippen LogP contribution in [0.15, 0.2) is 48.5 Å². The highest BCUT2D eigenvalue weighted by molar-refractivity contribution is 7.92. The molecule has 24 heavy (non-hydrogen) atoms. The highest BCUT2D eigenvalue weighted by Crippen LogP contribution is 2.34. The molecule has 7 heteroatoms. The van der Waals surface area contributed by atoms with Gasteiger partial charge in [0.05, 0.1) is 18.5 Å². The molecule has 0 fully saturated rings. The molecule has 1 aliphatic rings. The first-order valence-electron chi connectivity index (χ1n) is 7.45. The lowest BCUT2D eigenvalue weighted by Crippen LogP contribution is -2.48. The van der Waals surface area contributed by atoms with Gasteiger partial charge < -0.3 is 10.1 Å². The second-order valence-electron chi connectivity index (χ2n) is 5.72. The molecule has 1 atom stereocenters. The Morgan fingerprint density at radius 1 is 1.17 bits per heavy atom. The predicted molar refractivity (Wildman–Crippen MR) is 92.9 cm³/mol. The van der Waals surface area contributed by atoms with Gasteiger partial charge >= 0.3 is 0 Å². The maximum atomic E-state index is 12.5. The summed E-state index contributed by atoms with van der Waals surface area (Å²) in [7, 11) is -3.51. The van der Waals surface area contributed by atoms with Crippen LogP contribution in [0.2, 0.25) is 0 Å². The topological polar surface area (TPSA) is 75.7 Å². The van der Waals surface area contributed by atoms with Gasteiger partial charge in [0.15, 0.2) is 6.10 Å². The molecule has 0 radical (unpaired) electrons. The van der Waals surface area contributed by atoms with Crippen LogP contribution in [-0.2, 0) is 14.8 Å². The standard InChI is InChI=1S/C17H18N2O4S/c1-12-7-9-13(10-8-12)18-17(20)16-11-19(24(2,21)22)14-5-3-4-6-15(14)23-16/h3-10,16H,11H2,1-2H3,(H,18,20)/t16-/m0/s1. The third-order valence-electron chi connectivity index (χ3n) is 3.75. The Hall–Kier alpha value is -2.54. The molecule has 0 aliphatic carbocycles. The molecular formula is C17H18N2O4S. The van der Waals surface area contributed by atoms with Gasteiger partial charge in [0.25, 0.3) is 5.91 Å². The summed E-state index contributed by atoms with van der Waals surface area (Å²) in [4.78, 5) is 12.5. The lowest BCUT2D eigenvalue weighted by atomic mass is 10.2. The van der Waals surface area contributed by atoms with E-state index in [2.05, 4.69) is 5.32 Å². The minimum atomic E-state index is -3.51. The summed E-state index contributed by atoms with van der Waals surface area (Å²) < 4.78 is 31.0. The number of nitrogens with zero attached hydrogens (tertiary/aromatic N) is 1. The minimum absolute atomic E-state index is 0.0620.